The largest absolute Gasteiger partial charge is 0.481 e. The lowest BCUT2D eigenvalue weighted by Gasteiger charge is -2.23. The Kier molecular flexibility index (Phi) is 4.84. The molecule has 0 aromatic heterocycles. The minimum atomic E-state index is -0.804. The van der Waals surface area contributed by atoms with Crippen LogP contribution in [0.2, 0.25) is 0 Å². The number of carboxylic acid groups (broad SMARTS) is 1. The van der Waals surface area contributed by atoms with Gasteiger partial charge in [-0.15, -0.1) is 0 Å². The zero-order chi connectivity index (χ0) is 13.8. The van der Waals surface area contributed by atoms with Gasteiger partial charge in [-0.1, -0.05) is 18.2 Å². The Labute approximate surface area is 107 Å². The second-order valence-electron chi connectivity index (χ2n) is 5.27. The van der Waals surface area contributed by atoms with Crippen molar-refractivity contribution >= 4 is 5.97 Å². The first kappa shape index (κ1) is 14.6. The summed E-state index contributed by atoms with van der Waals surface area (Å²) in [6.45, 7) is 4.51. The molecule has 0 spiro atoms. The van der Waals surface area contributed by atoms with Gasteiger partial charge in [-0.2, -0.15) is 0 Å². The van der Waals surface area contributed by atoms with Crippen LogP contribution in [0.5, 0.6) is 0 Å². The van der Waals surface area contributed by atoms with E-state index in [1.165, 1.54) is 6.07 Å². The second-order valence-corrected chi connectivity index (χ2v) is 5.27. The SMILES string of the molecule is CN(CCC(C)(C)C(=O)O)Cc1ccccc1F. The number of benzene rings is 1. The third-order valence-electron chi connectivity index (χ3n) is 3.10. The van der Waals surface area contributed by atoms with Crippen LogP contribution in [0.1, 0.15) is 25.8 Å². The van der Waals surface area contributed by atoms with Crippen LogP contribution in [-0.4, -0.2) is 29.6 Å². The van der Waals surface area contributed by atoms with E-state index in [0.717, 1.165) is 0 Å². The predicted molar refractivity (Wildman–Crippen MR) is 68.8 cm³/mol. The lowest BCUT2D eigenvalue weighted by Crippen LogP contribution is -2.30. The molecule has 1 N–H and O–H groups in total. The van der Waals surface area contributed by atoms with Crippen molar-refractivity contribution in [1.82, 2.24) is 4.90 Å². The molecule has 0 aliphatic carbocycles. The number of rotatable bonds is 6. The van der Waals surface area contributed by atoms with Gasteiger partial charge in [-0.3, -0.25) is 4.79 Å². The van der Waals surface area contributed by atoms with Crippen LogP contribution in [-0.2, 0) is 11.3 Å². The van der Waals surface area contributed by atoms with Crippen molar-refractivity contribution in [3.8, 4) is 0 Å². The third kappa shape index (κ3) is 4.11. The fourth-order valence-electron chi connectivity index (χ4n) is 1.57. The first-order valence-corrected chi connectivity index (χ1v) is 5.98. The lowest BCUT2D eigenvalue weighted by atomic mass is 9.89. The van der Waals surface area contributed by atoms with Gasteiger partial charge in [0.15, 0.2) is 0 Å². The average Bonchev–Trinajstić information content (AvgIpc) is 2.29. The van der Waals surface area contributed by atoms with Crippen LogP contribution >= 0.6 is 0 Å². The summed E-state index contributed by atoms with van der Waals surface area (Å²) < 4.78 is 13.4. The molecule has 0 unspecified atom stereocenters. The maximum atomic E-state index is 13.4. The molecule has 0 atom stereocenters. The van der Waals surface area contributed by atoms with Gasteiger partial charge >= 0.3 is 5.97 Å². The molecular formula is C14H20FNO2. The summed E-state index contributed by atoms with van der Waals surface area (Å²) in [6, 6.07) is 6.64. The molecule has 3 nitrogen and oxygen atoms in total. The van der Waals surface area contributed by atoms with E-state index in [4.69, 9.17) is 5.11 Å². The molecule has 0 bridgehead atoms. The second kappa shape index (κ2) is 5.96. The van der Waals surface area contributed by atoms with Gasteiger partial charge in [-0.05, 0) is 39.9 Å². The molecule has 0 fully saturated rings. The number of hydrogen-bond acceptors (Lipinski definition) is 2. The highest BCUT2D eigenvalue weighted by Crippen LogP contribution is 2.21. The summed E-state index contributed by atoms with van der Waals surface area (Å²) in [5.41, 5.74) is -0.114. The van der Waals surface area contributed by atoms with Crippen LogP contribution in [0.3, 0.4) is 0 Å². The van der Waals surface area contributed by atoms with E-state index < -0.39 is 11.4 Å². The monoisotopic (exact) mass is 253 g/mol. The number of carboxylic acids is 1. The maximum absolute atomic E-state index is 13.4. The van der Waals surface area contributed by atoms with Gasteiger partial charge in [0.05, 0.1) is 5.41 Å². The lowest BCUT2D eigenvalue weighted by molar-refractivity contribution is -0.147. The van der Waals surface area contributed by atoms with E-state index >= 15 is 0 Å². The van der Waals surface area contributed by atoms with Gasteiger partial charge in [0.2, 0.25) is 0 Å². The van der Waals surface area contributed by atoms with Crippen LogP contribution in [0, 0.1) is 11.2 Å². The van der Waals surface area contributed by atoms with Gasteiger partial charge < -0.3 is 10.0 Å². The highest BCUT2D eigenvalue weighted by atomic mass is 19.1. The zero-order valence-electron chi connectivity index (χ0n) is 11.1. The molecule has 18 heavy (non-hydrogen) atoms. The highest BCUT2D eigenvalue weighted by molar-refractivity contribution is 5.73. The van der Waals surface area contributed by atoms with Crippen molar-refractivity contribution in [2.45, 2.75) is 26.8 Å². The minimum absolute atomic E-state index is 0.221. The highest BCUT2D eigenvalue weighted by Gasteiger charge is 2.26. The number of carbonyl (C=O) groups is 1. The van der Waals surface area contributed by atoms with Crippen molar-refractivity contribution < 1.29 is 14.3 Å². The summed E-state index contributed by atoms with van der Waals surface area (Å²) in [7, 11) is 1.87. The summed E-state index contributed by atoms with van der Waals surface area (Å²) in [5, 5.41) is 9.01. The molecule has 0 saturated carbocycles. The Morgan fingerprint density at radius 3 is 2.56 bits per heavy atom. The molecule has 1 aromatic carbocycles. The number of aliphatic carboxylic acids is 1. The Balaban J connectivity index is 2.50. The standard InChI is InChI=1S/C14H20FNO2/c1-14(2,13(17)18)8-9-16(3)10-11-6-4-5-7-12(11)15/h4-7H,8-10H2,1-3H3,(H,17,18). The molecule has 0 amide bonds. The van der Waals surface area contributed by atoms with Crippen LogP contribution in [0.4, 0.5) is 4.39 Å². The van der Waals surface area contributed by atoms with Gasteiger partial charge in [0, 0.05) is 12.1 Å². The van der Waals surface area contributed by atoms with Crippen LogP contribution in [0.15, 0.2) is 24.3 Å². The van der Waals surface area contributed by atoms with Crippen molar-refractivity contribution in [2.24, 2.45) is 5.41 Å². The van der Waals surface area contributed by atoms with Crippen LogP contribution in [0.25, 0.3) is 0 Å². The summed E-state index contributed by atoms with van der Waals surface area (Å²) in [6.07, 6.45) is 0.535. The molecular weight excluding hydrogens is 233 g/mol. The summed E-state index contributed by atoms with van der Waals surface area (Å²) in [4.78, 5) is 12.9. The van der Waals surface area contributed by atoms with E-state index in [2.05, 4.69) is 0 Å². The first-order chi connectivity index (χ1) is 8.33. The zero-order valence-corrected chi connectivity index (χ0v) is 11.1. The van der Waals surface area contributed by atoms with Crippen LogP contribution < -0.4 is 0 Å². The Morgan fingerprint density at radius 2 is 2.00 bits per heavy atom. The third-order valence-corrected chi connectivity index (χ3v) is 3.10. The van der Waals surface area contributed by atoms with E-state index in [1.54, 1.807) is 32.0 Å². The summed E-state index contributed by atoms with van der Waals surface area (Å²) >= 11 is 0. The van der Waals surface area contributed by atoms with E-state index in [-0.39, 0.29) is 5.82 Å². The summed E-state index contributed by atoms with van der Waals surface area (Å²) in [5.74, 6) is -1.02. The molecule has 1 aromatic rings. The fraction of sp³-hybridized carbons (Fsp3) is 0.500. The molecule has 4 heteroatoms. The van der Waals surface area contributed by atoms with Crippen molar-refractivity contribution in [2.75, 3.05) is 13.6 Å². The predicted octanol–water partition coefficient (Wildman–Crippen LogP) is 2.76. The van der Waals surface area contributed by atoms with Crippen molar-refractivity contribution in [3.05, 3.63) is 35.6 Å². The first-order valence-electron chi connectivity index (χ1n) is 5.98. The number of hydrogen-bond donors (Lipinski definition) is 1. The molecule has 1 rings (SSSR count). The van der Waals surface area contributed by atoms with Gasteiger partial charge in [0.25, 0.3) is 0 Å². The van der Waals surface area contributed by atoms with E-state index in [1.807, 2.05) is 11.9 Å². The molecule has 0 aliphatic rings. The molecule has 0 saturated heterocycles. The maximum Gasteiger partial charge on any atom is 0.309 e. The fourth-order valence-corrected chi connectivity index (χ4v) is 1.57. The number of halogens is 1. The Morgan fingerprint density at radius 1 is 1.39 bits per heavy atom. The molecule has 0 radical (unpaired) electrons. The van der Waals surface area contributed by atoms with E-state index in [0.29, 0.717) is 25.1 Å². The molecule has 100 valence electrons. The minimum Gasteiger partial charge on any atom is -0.481 e. The smallest absolute Gasteiger partial charge is 0.309 e. The quantitative estimate of drug-likeness (QED) is 0.847. The van der Waals surface area contributed by atoms with Crippen molar-refractivity contribution in [3.63, 3.8) is 0 Å². The Bertz CT molecular complexity index is 418. The van der Waals surface area contributed by atoms with E-state index in [9.17, 15) is 9.18 Å². The molecule has 0 heterocycles. The normalized spacial score (nSPS) is 11.8. The van der Waals surface area contributed by atoms with Crippen molar-refractivity contribution in [1.29, 1.82) is 0 Å². The Hall–Kier alpha value is -1.42. The number of nitrogens with zero attached hydrogens (tertiary/aromatic N) is 1. The van der Waals surface area contributed by atoms with Gasteiger partial charge in [0.1, 0.15) is 5.82 Å². The van der Waals surface area contributed by atoms with Gasteiger partial charge in [-0.25, -0.2) is 4.39 Å². The average molecular weight is 253 g/mol. The topological polar surface area (TPSA) is 40.5 Å². The molecule has 0 aliphatic heterocycles.